The smallest absolute Gasteiger partial charge is 0.333 e. The number of halogens is 6. The molecule has 1 unspecified atom stereocenters. The number of carbonyl (C=O) groups is 1. The Morgan fingerprint density at radius 3 is 1.42 bits per heavy atom. The first-order valence-corrected chi connectivity index (χ1v) is 41.4. The molecule has 23 nitrogen and oxygen atoms in total. The number of piperidine rings is 1. The Hall–Kier alpha value is -14.8. The van der Waals surface area contributed by atoms with Crippen molar-refractivity contribution in [3.05, 3.63) is 292 Å². The van der Waals surface area contributed by atoms with Crippen LogP contribution < -0.4 is 10.5 Å². The van der Waals surface area contributed by atoms with E-state index in [1.165, 1.54) is 75.1 Å². The van der Waals surface area contributed by atoms with Gasteiger partial charge in [0, 0.05) is 113 Å². The summed E-state index contributed by atoms with van der Waals surface area (Å²) in [4.78, 5) is 18.7. The molecule has 2 saturated heterocycles. The maximum atomic E-state index is 12.9. The van der Waals surface area contributed by atoms with Crippen LogP contribution in [0.3, 0.4) is 0 Å². The van der Waals surface area contributed by atoms with Gasteiger partial charge in [-0.25, -0.2) is 32.6 Å². The quantitative estimate of drug-likeness (QED) is 0.0534. The molecule has 0 saturated carbocycles. The minimum Gasteiger partial charge on any atom is -0.492 e. The topological polar surface area (TPSA) is 246 Å². The fourth-order valence-corrected chi connectivity index (χ4v) is 15.7. The van der Waals surface area contributed by atoms with Crippen molar-refractivity contribution in [2.45, 2.75) is 83.2 Å². The summed E-state index contributed by atoms with van der Waals surface area (Å²) in [6.45, 7) is -0.162. The van der Waals surface area contributed by atoms with Gasteiger partial charge in [-0.2, -0.15) is 62.0 Å². The van der Waals surface area contributed by atoms with Gasteiger partial charge in [0.1, 0.15) is 23.6 Å². The number of nitrogens with two attached hydrogens (primary N) is 1. The number of imidazole rings is 1. The molecule has 14 heterocycles. The Kier molecular flexibility index (Phi) is 24.6. The van der Waals surface area contributed by atoms with Crippen molar-refractivity contribution in [2.24, 2.45) is 18.7 Å². The molecule has 2 aliphatic heterocycles. The first-order chi connectivity index (χ1) is 61.6. The van der Waals surface area contributed by atoms with Crippen LogP contribution in [0, 0.1) is 29.6 Å². The average molecular weight is 1710 g/mol. The molecule has 20 rings (SSSR count). The molecule has 12 aromatic heterocycles. The number of allylic oxidation sites excluding steroid dienone is 2. The van der Waals surface area contributed by atoms with E-state index in [2.05, 4.69) is 122 Å². The van der Waals surface area contributed by atoms with Crippen LogP contribution in [0.2, 0.25) is 0 Å². The SMILES string of the molecule is CC(C)(O)C#Cc1cccn2ncc(-c3ccc(-c4cnn(C(F)F)c4)cc3)c12.Cn1cc(-c2ccc(-c3cnn4cccc(C#CC5(O)COC5)c34)cc2)cn1.FC(F)n1cc(-c2ccc(-c3cccn4ncc(-c5ccc(-c6cnn(C(F)F)c6)cc5)c34)cc2)cn1.NC(=O)C1CC=C(c2cccc3ncc(-c4ccc(OCCN5CCCCC5)cc4)n23)CC1. The molecule has 29 heteroatoms. The number of alkyl halides is 6. The molecule has 17 aromatic rings. The third-order valence-corrected chi connectivity index (χ3v) is 22.4. The van der Waals surface area contributed by atoms with E-state index in [1.807, 2.05) is 188 Å². The minimum atomic E-state index is -2.69. The van der Waals surface area contributed by atoms with Gasteiger partial charge in [0.05, 0.1) is 102 Å². The van der Waals surface area contributed by atoms with E-state index in [9.17, 15) is 41.4 Å². The van der Waals surface area contributed by atoms with Crippen LogP contribution in [0.25, 0.3) is 128 Å². The summed E-state index contributed by atoms with van der Waals surface area (Å²) in [5.41, 5.74) is 27.0. The monoisotopic (exact) mass is 1710 g/mol. The van der Waals surface area contributed by atoms with E-state index in [4.69, 9.17) is 15.2 Å². The lowest BCUT2D eigenvalue weighted by molar-refractivity contribution is -0.140. The predicted octanol–water partition coefficient (Wildman–Crippen LogP) is 18.6. The molecule has 0 bridgehead atoms. The standard InChI is InChI=1S/C27H18F4N6.C27H32N4O2.C22H18F2N4O.C22H18N4O2/c28-26(29)36-15-21(12-32-36)17-3-7-19(8-4-17)23-2-1-11-35-25(23)24(14-34-35)20-9-5-18(6-10-20)22-13-33-37(16-22)27(30)31;28-27(32)22-9-7-20(8-10-22)24-5-4-6-26-29-19-25(31(24)26)21-11-13-23(14-12-21)33-18-17-30-15-2-1-3-16-30;1-22(2,29)10-9-17-4-3-11-27-20(17)19(13-26-27)16-7-5-15(6-8-16)18-12-25-28(14-18)21(23)24;1-25-13-19(11-23-25)16-4-6-17(7-5-16)20-12-24-26-10-2-3-18(21(20)26)8-9-22(27)14-28-15-22/h1-16,26-27H;4-7,11-14,19,22H,1-3,8-10,15-18H2,(H2,28,32);3-8,11-14,21,29H,1-2H3;2-7,10-13,27H,14-15H2,1H3. The molecular weight excluding hydrogens is 1620 g/mol. The number of benzene rings is 5. The van der Waals surface area contributed by atoms with Crippen LogP contribution in [0.15, 0.2) is 275 Å². The highest BCUT2D eigenvalue weighted by atomic mass is 19.3. The number of fused-ring (bicyclic) bond motifs is 4. The van der Waals surface area contributed by atoms with E-state index in [1.54, 1.807) is 40.0 Å². The van der Waals surface area contributed by atoms with Crippen LogP contribution in [0.5, 0.6) is 5.75 Å². The first-order valence-electron chi connectivity index (χ1n) is 41.4. The number of amides is 1. The van der Waals surface area contributed by atoms with Crippen LogP contribution >= 0.6 is 0 Å². The molecule has 4 N–H and O–H groups in total. The third-order valence-electron chi connectivity index (χ3n) is 22.4. The summed E-state index contributed by atoms with van der Waals surface area (Å²) in [5.74, 6) is 12.6. The first kappa shape index (κ1) is 84.5. The third kappa shape index (κ3) is 19.2. The Bertz CT molecular complexity index is 6920. The fourth-order valence-electron chi connectivity index (χ4n) is 15.7. The second-order valence-electron chi connectivity index (χ2n) is 31.7. The van der Waals surface area contributed by atoms with Gasteiger partial charge in [-0.3, -0.25) is 18.8 Å². The average Bonchev–Trinajstić information content (AvgIpc) is 1.65. The summed E-state index contributed by atoms with van der Waals surface area (Å²) >= 11 is 0. The maximum Gasteiger partial charge on any atom is 0.333 e. The number of nitrogens with zero attached hydrogens (tertiary/aromatic N) is 17. The lowest BCUT2D eigenvalue weighted by atomic mass is 9.87. The molecule has 1 atom stereocenters. The van der Waals surface area contributed by atoms with Crippen LogP contribution in [0.4, 0.5) is 26.3 Å². The molecule has 5 aromatic carbocycles. The minimum absolute atomic E-state index is 0.0577. The number of carbonyl (C=O) groups excluding carboxylic acids is 1. The number of aromatic nitrogens is 16. The molecular formula is C98H86F6N18O5. The van der Waals surface area contributed by atoms with Crippen LogP contribution in [-0.2, 0) is 16.6 Å². The maximum absolute atomic E-state index is 12.9. The summed E-state index contributed by atoms with van der Waals surface area (Å²) < 4.78 is 99.3. The van der Waals surface area contributed by atoms with Crippen molar-refractivity contribution in [1.82, 2.24) is 82.2 Å². The summed E-state index contributed by atoms with van der Waals surface area (Å²) in [6.07, 6.45) is 33.4. The van der Waals surface area contributed by atoms with Gasteiger partial charge < -0.3 is 25.4 Å². The van der Waals surface area contributed by atoms with Gasteiger partial charge in [-0.05, 0) is 176 Å². The number of ether oxygens (including phenoxy) is 2. The van der Waals surface area contributed by atoms with Gasteiger partial charge in [-0.1, -0.05) is 145 Å². The number of rotatable bonds is 18. The highest BCUT2D eigenvalue weighted by Gasteiger charge is 2.34. The summed E-state index contributed by atoms with van der Waals surface area (Å²) in [6, 6.07) is 57.0. The second kappa shape index (κ2) is 37.0. The molecule has 3 aliphatic rings. The van der Waals surface area contributed by atoms with Crippen molar-refractivity contribution in [1.29, 1.82) is 0 Å². The van der Waals surface area contributed by atoms with Crippen molar-refractivity contribution < 1.29 is 50.8 Å². The van der Waals surface area contributed by atoms with Gasteiger partial charge >= 0.3 is 19.6 Å². The largest absolute Gasteiger partial charge is 0.492 e. The number of likely N-dealkylation sites (tertiary alicyclic amines) is 1. The second-order valence-corrected chi connectivity index (χ2v) is 31.7. The van der Waals surface area contributed by atoms with Gasteiger partial charge in [0.15, 0.2) is 5.60 Å². The molecule has 1 aliphatic carbocycles. The molecule has 0 spiro atoms. The van der Waals surface area contributed by atoms with Crippen molar-refractivity contribution >= 4 is 33.7 Å². The molecule has 640 valence electrons. The van der Waals surface area contributed by atoms with E-state index in [0.29, 0.717) is 37.2 Å². The summed E-state index contributed by atoms with van der Waals surface area (Å²) in [5, 5.41) is 48.8. The van der Waals surface area contributed by atoms with E-state index >= 15 is 0 Å². The van der Waals surface area contributed by atoms with E-state index in [0.717, 1.165) is 154 Å². The zero-order chi connectivity index (χ0) is 87.9. The molecule has 0 radical (unpaired) electrons. The number of aliphatic hydroxyl groups is 2. The molecule has 127 heavy (non-hydrogen) atoms. The van der Waals surface area contributed by atoms with Gasteiger partial charge in [0.25, 0.3) is 0 Å². The van der Waals surface area contributed by atoms with E-state index < -0.39 is 30.9 Å². The highest BCUT2D eigenvalue weighted by molar-refractivity contribution is 5.94. The zero-order valence-corrected chi connectivity index (χ0v) is 69.3. The van der Waals surface area contributed by atoms with Crippen molar-refractivity contribution in [2.75, 3.05) is 39.5 Å². The number of hydrogen-bond acceptors (Lipinski definition) is 14. The van der Waals surface area contributed by atoms with Gasteiger partial charge in [-0.15, -0.1) is 0 Å². The van der Waals surface area contributed by atoms with E-state index in [-0.39, 0.29) is 25.0 Å². The number of hydrogen-bond donors (Lipinski definition) is 3. The number of primary amides is 1. The van der Waals surface area contributed by atoms with Crippen LogP contribution in [0.1, 0.15) is 88.8 Å². The Morgan fingerprint density at radius 2 is 0.969 bits per heavy atom. The molecule has 1 amide bonds. The summed E-state index contributed by atoms with van der Waals surface area (Å²) in [7, 11) is 1.91. The molecule has 2 fully saturated rings. The number of pyridine rings is 4. The highest BCUT2D eigenvalue weighted by Crippen LogP contribution is 2.39. The Labute approximate surface area is 725 Å². The normalized spacial score (nSPS) is 14.4. The zero-order valence-electron chi connectivity index (χ0n) is 69.3. The lowest BCUT2D eigenvalue weighted by Crippen LogP contribution is -2.48. The van der Waals surface area contributed by atoms with Gasteiger partial charge in [0.2, 0.25) is 5.91 Å². The lowest BCUT2D eigenvalue weighted by Gasteiger charge is -2.30. The number of aryl methyl sites for hydroxylation is 1. The van der Waals surface area contributed by atoms with Crippen molar-refractivity contribution in [3.63, 3.8) is 0 Å². The Morgan fingerprint density at radius 1 is 0.512 bits per heavy atom. The predicted molar refractivity (Wildman–Crippen MR) is 474 cm³/mol. The fraction of sp³-hybridized carbons (Fsp3) is 0.214. The Balaban J connectivity index is 0.000000120. The van der Waals surface area contributed by atoms with Crippen LogP contribution in [-0.4, -0.2) is 149 Å². The van der Waals surface area contributed by atoms with Crippen molar-refractivity contribution in [3.8, 4) is 130 Å².